The third-order valence-electron chi connectivity index (χ3n) is 2.83. The van der Waals surface area contributed by atoms with Crippen molar-refractivity contribution in [3.05, 3.63) is 35.4 Å². The maximum atomic E-state index is 11.6. The van der Waals surface area contributed by atoms with Gasteiger partial charge in [0, 0.05) is 13.0 Å². The highest BCUT2D eigenvalue weighted by Crippen LogP contribution is 2.25. The Balaban J connectivity index is 2.23. The number of carbonyl (C=O) groups excluding carboxylic acids is 2. The molecule has 0 aliphatic carbocycles. The molecule has 3 N–H and O–H groups in total. The van der Waals surface area contributed by atoms with E-state index in [1.54, 1.807) is 0 Å². The van der Waals surface area contributed by atoms with Crippen molar-refractivity contribution in [3.8, 4) is 0 Å². The van der Waals surface area contributed by atoms with Gasteiger partial charge in [0.2, 0.25) is 11.8 Å². The van der Waals surface area contributed by atoms with Crippen LogP contribution in [0.2, 0.25) is 0 Å². The van der Waals surface area contributed by atoms with E-state index in [4.69, 9.17) is 5.73 Å². The zero-order chi connectivity index (χ0) is 11.5. The number of nitrogens with one attached hydrogen (secondary N) is 1. The molecule has 1 aliphatic rings. The maximum absolute atomic E-state index is 11.6. The Labute approximate surface area is 93.8 Å². The monoisotopic (exact) mass is 218 g/mol. The fraction of sp³-hybridized carbons (Fsp3) is 0.333. The highest BCUT2D eigenvalue weighted by Gasteiger charge is 2.27. The summed E-state index contributed by atoms with van der Waals surface area (Å²) in [5.74, 6) is -0.606. The average Bonchev–Trinajstić information content (AvgIpc) is 2.29. The quantitative estimate of drug-likeness (QED) is 0.716. The van der Waals surface area contributed by atoms with Crippen LogP contribution in [0.25, 0.3) is 0 Å². The van der Waals surface area contributed by atoms with Gasteiger partial charge in [0.15, 0.2) is 0 Å². The molecule has 0 bridgehead atoms. The van der Waals surface area contributed by atoms with Gasteiger partial charge in [-0.3, -0.25) is 14.9 Å². The molecule has 1 unspecified atom stereocenters. The van der Waals surface area contributed by atoms with Crippen molar-refractivity contribution >= 4 is 11.8 Å². The van der Waals surface area contributed by atoms with E-state index in [9.17, 15) is 9.59 Å². The van der Waals surface area contributed by atoms with Gasteiger partial charge in [-0.15, -0.1) is 0 Å². The Kier molecular flexibility index (Phi) is 3.01. The van der Waals surface area contributed by atoms with Gasteiger partial charge in [-0.1, -0.05) is 24.3 Å². The van der Waals surface area contributed by atoms with Crippen molar-refractivity contribution in [3.63, 3.8) is 0 Å². The lowest BCUT2D eigenvalue weighted by Gasteiger charge is -2.21. The van der Waals surface area contributed by atoms with Gasteiger partial charge in [0.25, 0.3) is 0 Å². The lowest BCUT2D eigenvalue weighted by atomic mass is 9.90. The van der Waals surface area contributed by atoms with Crippen LogP contribution >= 0.6 is 0 Å². The van der Waals surface area contributed by atoms with E-state index in [2.05, 4.69) is 5.32 Å². The van der Waals surface area contributed by atoms with Crippen molar-refractivity contribution in [2.45, 2.75) is 25.3 Å². The summed E-state index contributed by atoms with van der Waals surface area (Å²) in [7, 11) is 0. The minimum absolute atomic E-state index is 0.184. The number of imide groups is 1. The van der Waals surface area contributed by atoms with E-state index in [0.29, 0.717) is 19.4 Å². The normalized spacial score (nSPS) is 20.7. The largest absolute Gasteiger partial charge is 0.326 e. The van der Waals surface area contributed by atoms with Gasteiger partial charge >= 0.3 is 0 Å². The first-order valence-corrected chi connectivity index (χ1v) is 5.33. The summed E-state index contributed by atoms with van der Waals surface area (Å²) in [4.78, 5) is 22.7. The van der Waals surface area contributed by atoms with Crippen LogP contribution in [0.3, 0.4) is 0 Å². The van der Waals surface area contributed by atoms with Crippen molar-refractivity contribution in [2.24, 2.45) is 5.73 Å². The minimum Gasteiger partial charge on any atom is -0.326 e. The summed E-state index contributed by atoms with van der Waals surface area (Å²) in [6.45, 7) is 0.459. The fourth-order valence-electron chi connectivity index (χ4n) is 1.95. The van der Waals surface area contributed by atoms with Crippen molar-refractivity contribution in [2.75, 3.05) is 0 Å². The third-order valence-corrected chi connectivity index (χ3v) is 2.83. The molecule has 0 aromatic heterocycles. The summed E-state index contributed by atoms with van der Waals surface area (Å²) in [6.07, 6.45) is 0.988. The molecule has 2 rings (SSSR count). The van der Waals surface area contributed by atoms with Crippen LogP contribution in [0.1, 0.15) is 29.9 Å². The summed E-state index contributed by atoms with van der Waals surface area (Å²) >= 11 is 0. The first kappa shape index (κ1) is 10.8. The number of benzene rings is 1. The number of amides is 2. The molecular formula is C12H14N2O2. The van der Waals surface area contributed by atoms with Gasteiger partial charge in [-0.05, 0) is 17.5 Å². The van der Waals surface area contributed by atoms with Crippen LogP contribution in [-0.4, -0.2) is 11.8 Å². The SMILES string of the molecule is NCc1cccc(C2CCC(=O)NC2=O)c1. The molecule has 1 aromatic rings. The molecule has 84 valence electrons. The van der Waals surface area contributed by atoms with Gasteiger partial charge in [-0.2, -0.15) is 0 Å². The Hall–Kier alpha value is -1.68. The number of rotatable bonds is 2. The fourth-order valence-corrected chi connectivity index (χ4v) is 1.95. The molecule has 2 amide bonds. The topological polar surface area (TPSA) is 72.2 Å². The first-order chi connectivity index (χ1) is 7.70. The Bertz CT molecular complexity index is 429. The highest BCUT2D eigenvalue weighted by molar-refractivity contribution is 6.00. The number of nitrogens with two attached hydrogens (primary N) is 1. The van der Waals surface area contributed by atoms with Crippen LogP contribution in [-0.2, 0) is 16.1 Å². The van der Waals surface area contributed by atoms with Crippen molar-refractivity contribution in [1.29, 1.82) is 0 Å². The van der Waals surface area contributed by atoms with E-state index < -0.39 is 0 Å². The molecule has 16 heavy (non-hydrogen) atoms. The van der Waals surface area contributed by atoms with E-state index in [0.717, 1.165) is 11.1 Å². The zero-order valence-corrected chi connectivity index (χ0v) is 8.90. The smallest absolute Gasteiger partial charge is 0.234 e. The predicted molar refractivity (Wildman–Crippen MR) is 59.5 cm³/mol. The Morgan fingerprint density at radius 3 is 2.88 bits per heavy atom. The van der Waals surface area contributed by atoms with Crippen LogP contribution in [0.4, 0.5) is 0 Å². The number of piperidine rings is 1. The van der Waals surface area contributed by atoms with E-state index in [1.165, 1.54) is 0 Å². The number of carbonyl (C=O) groups is 2. The minimum atomic E-state index is -0.218. The second-order valence-electron chi connectivity index (χ2n) is 3.95. The summed E-state index contributed by atoms with van der Waals surface area (Å²) in [6, 6.07) is 7.65. The standard InChI is InChI=1S/C12H14N2O2/c13-7-8-2-1-3-9(6-8)10-4-5-11(15)14-12(10)16/h1-3,6,10H,4-5,7,13H2,(H,14,15,16). The van der Waals surface area contributed by atoms with Gasteiger partial charge in [0.05, 0.1) is 5.92 Å². The lowest BCUT2D eigenvalue weighted by Crippen LogP contribution is -2.39. The zero-order valence-electron chi connectivity index (χ0n) is 8.90. The van der Waals surface area contributed by atoms with E-state index >= 15 is 0 Å². The van der Waals surface area contributed by atoms with Gasteiger partial charge in [0.1, 0.15) is 0 Å². The molecule has 1 saturated heterocycles. The third kappa shape index (κ3) is 2.12. The van der Waals surface area contributed by atoms with E-state index in [-0.39, 0.29) is 17.7 Å². The number of hydrogen-bond donors (Lipinski definition) is 2. The maximum Gasteiger partial charge on any atom is 0.234 e. The lowest BCUT2D eigenvalue weighted by molar-refractivity contribution is -0.134. The molecule has 1 aromatic carbocycles. The second-order valence-corrected chi connectivity index (χ2v) is 3.95. The highest BCUT2D eigenvalue weighted by atomic mass is 16.2. The van der Waals surface area contributed by atoms with E-state index in [1.807, 2.05) is 24.3 Å². The molecule has 1 atom stereocenters. The van der Waals surface area contributed by atoms with Crippen LogP contribution in [0.15, 0.2) is 24.3 Å². The van der Waals surface area contributed by atoms with Gasteiger partial charge < -0.3 is 5.73 Å². The Morgan fingerprint density at radius 2 is 2.19 bits per heavy atom. The molecule has 4 nitrogen and oxygen atoms in total. The number of hydrogen-bond acceptors (Lipinski definition) is 3. The van der Waals surface area contributed by atoms with Gasteiger partial charge in [-0.25, -0.2) is 0 Å². The van der Waals surface area contributed by atoms with Crippen molar-refractivity contribution in [1.82, 2.24) is 5.32 Å². The summed E-state index contributed by atoms with van der Waals surface area (Å²) in [5, 5.41) is 2.36. The predicted octanol–water partition coefficient (Wildman–Crippen LogP) is 0.665. The van der Waals surface area contributed by atoms with Crippen LogP contribution in [0.5, 0.6) is 0 Å². The van der Waals surface area contributed by atoms with Crippen molar-refractivity contribution < 1.29 is 9.59 Å². The summed E-state index contributed by atoms with van der Waals surface area (Å²) in [5.41, 5.74) is 7.49. The molecule has 4 heteroatoms. The molecular weight excluding hydrogens is 204 g/mol. The van der Waals surface area contributed by atoms with Crippen LogP contribution < -0.4 is 11.1 Å². The Morgan fingerprint density at radius 1 is 1.38 bits per heavy atom. The molecule has 0 saturated carbocycles. The average molecular weight is 218 g/mol. The van der Waals surface area contributed by atoms with Crippen LogP contribution in [0, 0.1) is 0 Å². The molecule has 1 heterocycles. The summed E-state index contributed by atoms with van der Waals surface area (Å²) < 4.78 is 0. The first-order valence-electron chi connectivity index (χ1n) is 5.33. The molecule has 0 spiro atoms. The second kappa shape index (κ2) is 4.45. The molecule has 0 radical (unpaired) electrons. The molecule has 1 aliphatic heterocycles. The molecule has 1 fully saturated rings.